The third-order valence-corrected chi connectivity index (χ3v) is 4.67. The molecule has 0 radical (unpaired) electrons. The van der Waals surface area contributed by atoms with Gasteiger partial charge in [-0.05, 0) is 18.2 Å². The summed E-state index contributed by atoms with van der Waals surface area (Å²) in [6, 6.07) is 8.88. The summed E-state index contributed by atoms with van der Waals surface area (Å²) >= 11 is 1.73. The molecule has 2 heterocycles. The highest BCUT2D eigenvalue weighted by Crippen LogP contribution is 2.19. The summed E-state index contributed by atoms with van der Waals surface area (Å²) in [6.45, 7) is 6.34. The van der Waals surface area contributed by atoms with Crippen LogP contribution in [0.1, 0.15) is 11.1 Å². The maximum Gasteiger partial charge on any atom is 0.185 e. The molecule has 0 spiro atoms. The molecule has 112 valence electrons. The first kappa shape index (κ1) is 14.5. The van der Waals surface area contributed by atoms with Crippen LogP contribution in [0, 0.1) is 0 Å². The Morgan fingerprint density at radius 3 is 2.71 bits per heavy atom. The van der Waals surface area contributed by atoms with Crippen molar-refractivity contribution in [2.45, 2.75) is 13.1 Å². The summed E-state index contributed by atoms with van der Waals surface area (Å²) in [6.07, 6.45) is 1.89. The highest BCUT2D eigenvalue weighted by atomic mass is 32.1. The summed E-state index contributed by atoms with van der Waals surface area (Å²) in [7, 11) is 1.99. The van der Waals surface area contributed by atoms with Crippen LogP contribution in [0.25, 0.3) is 0 Å². The Hall–Kier alpha value is -1.43. The molecule has 1 aromatic carbocycles. The molecule has 4 nitrogen and oxygen atoms in total. The second-order valence-corrected chi connectivity index (χ2v) is 6.30. The fourth-order valence-corrected chi connectivity index (χ4v) is 3.47. The minimum Gasteiger partial charge on any atom is -0.346 e. The van der Waals surface area contributed by atoms with Crippen molar-refractivity contribution >= 4 is 16.5 Å². The highest BCUT2D eigenvalue weighted by Gasteiger charge is 2.18. The number of nitrogens with zero attached hydrogens (tertiary/aromatic N) is 3. The van der Waals surface area contributed by atoms with Crippen molar-refractivity contribution in [3.05, 3.63) is 47.0 Å². The predicted octanol–water partition coefficient (Wildman–Crippen LogP) is 2.18. The van der Waals surface area contributed by atoms with Crippen LogP contribution in [-0.4, -0.2) is 43.1 Å². The van der Waals surface area contributed by atoms with E-state index in [1.54, 1.807) is 11.3 Å². The maximum absolute atomic E-state index is 4.40. The molecule has 0 aliphatic carbocycles. The van der Waals surface area contributed by atoms with E-state index >= 15 is 0 Å². The van der Waals surface area contributed by atoms with Crippen molar-refractivity contribution in [1.29, 1.82) is 0 Å². The van der Waals surface area contributed by atoms with Crippen LogP contribution < -0.4 is 10.2 Å². The van der Waals surface area contributed by atoms with Gasteiger partial charge in [0, 0.05) is 50.8 Å². The number of nitrogens with one attached hydrogen (secondary N) is 1. The molecule has 1 aromatic heterocycles. The summed E-state index contributed by atoms with van der Waals surface area (Å²) < 4.78 is 0. The minimum atomic E-state index is 0.936. The SMILES string of the molecule is CNCc1cccc(CN2CCN(c3nccs3)CC2)c1. The lowest BCUT2D eigenvalue weighted by Gasteiger charge is -2.34. The quantitative estimate of drug-likeness (QED) is 0.917. The number of benzene rings is 1. The Kier molecular flexibility index (Phi) is 4.85. The van der Waals surface area contributed by atoms with E-state index in [1.807, 2.05) is 13.2 Å². The summed E-state index contributed by atoms with van der Waals surface area (Å²) in [5.41, 5.74) is 2.77. The Morgan fingerprint density at radius 1 is 1.19 bits per heavy atom. The van der Waals surface area contributed by atoms with Gasteiger partial charge in [-0.15, -0.1) is 11.3 Å². The third kappa shape index (κ3) is 3.81. The molecule has 3 rings (SSSR count). The number of hydrogen-bond donors (Lipinski definition) is 1. The van der Waals surface area contributed by atoms with Crippen LogP contribution in [0.15, 0.2) is 35.8 Å². The molecule has 2 aromatic rings. The Labute approximate surface area is 130 Å². The van der Waals surface area contributed by atoms with E-state index in [9.17, 15) is 0 Å². The number of aromatic nitrogens is 1. The molecule has 0 saturated carbocycles. The van der Waals surface area contributed by atoms with Gasteiger partial charge in [0.25, 0.3) is 0 Å². The fourth-order valence-electron chi connectivity index (χ4n) is 2.77. The van der Waals surface area contributed by atoms with E-state index < -0.39 is 0 Å². The van der Waals surface area contributed by atoms with Gasteiger partial charge in [-0.2, -0.15) is 0 Å². The van der Waals surface area contributed by atoms with Crippen molar-refractivity contribution in [3.63, 3.8) is 0 Å². The number of rotatable bonds is 5. The first-order valence-electron chi connectivity index (χ1n) is 7.44. The Morgan fingerprint density at radius 2 is 2.00 bits per heavy atom. The van der Waals surface area contributed by atoms with Gasteiger partial charge in [-0.3, -0.25) is 4.90 Å². The standard InChI is InChI=1S/C16H22N4S/c1-17-12-14-3-2-4-15(11-14)13-19-6-8-20(9-7-19)16-18-5-10-21-16/h2-5,10-11,17H,6-9,12-13H2,1H3. The van der Waals surface area contributed by atoms with E-state index in [0.717, 1.165) is 44.4 Å². The summed E-state index contributed by atoms with van der Waals surface area (Å²) in [5, 5.41) is 6.42. The molecule has 0 amide bonds. The van der Waals surface area contributed by atoms with Gasteiger partial charge in [0.15, 0.2) is 5.13 Å². The van der Waals surface area contributed by atoms with Crippen LogP contribution >= 0.6 is 11.3 Å². The Bertz CT molecular complexity index is 547. The number of anilines is 1. The van der Waals surface area contributed by atoms with Crippen molar-refractivity contribution in [1.82, 2.24) is 15.2 Å². The van der Waals surface area contributed by atoms with E-state index in [1.165, 1.54) is 11.1 Å². The molecule has 1 fully saturated rings. The molecule has 0 unspecified atom stereocenters. The second kappa shape index (κ2) is 7.02. The number of thiazole rings is 1. The van der Waals surface area contributed by atoms with Crippen molar-refractivity contribution in [3.8, 4) is 0 Å². The molecular weight excluding hydrogens is 280 g/mol. The molecule has 21 heavy (non-hydrogen) atoms. The van der Waals surface area contributed by atoms with Gasteiger partial charge >= 0.3 is 0 Å². The van der Waals surface area contributed by atoms with Crippen LogP contribution in [0.4, 0.5) is 5.13 Å². The monoisotopic (exact) mass is 302 g/mol. The summed E-state index contributed by atoms with van der Waals surface area (Å²) in [4.78, 5) is 9.32. The smallest absolute Gasteiger partial charge is 0.185 e. The topological polar surface area (TPSA) is 31.4 Å². The molecule has 1 aliphatic rings. The highest BCUT2D eigenvalue weighted by molar-refractivity contribution is 7.13. The van der Waals surface area contributed by atoms with Gasteiger partial charge in [-0.25, -0.2) is 4.98 Å². The zero-order valence-corrected chi connectivity index (χ0v) is 13.3. The average molecular weight is 302 g/mol. The third-order valence-electron chi connectivity index (χ3n) is 3.84. The molecule has 1 aliphatic heterocycles. The molecule has 1 N–H and O–H groups in total. The van der Waals surface area contributed by atoms with E-state index in [-0.39, 0.29) is 0 Å². The number of piperazine rings is 1. The second-order valence-electron chi connectivity index (χ2n) is 5.43. The number of hydrogen-bond acceptors (Lipinski definition) is 5. The molecule has 5 heteroatoms. The van der Waals surface area contributed by atoms with E-state index in [0.29, 0.717) is 0 Å². The fraction of sp³-hybridized carbons (Fsp3) is 0.438. The van der Waals surface area contributed by atoms with Gasteiger partial charge in [0.2, 0.25) is 0 Å². The van der Waals surface area contributed by atoms with Gasteiger partial charge in [0.05, 0.1) is 0 Å². The lowest BCUT2D eigenvalue weighted by atomic mass is 10.1. The van der Waals surface area contributed by atoms with Crippen molar-refractivity contribution < 1.29 is 0 Å². The first-order chi connectivity index (χ1) is 10.3. The summed E-state index contributed by atoms with van der Waals surface area (Å²) in [5.74, 6) is 0. The molecule has 0 atom stereocenters. The van der Waals surface area contributed by atoms with Crippen LogP contribution in [0.5, 0.6) is 0 Å². The maximum atomic E-state index is 4.40. The normalized spacial score (nSPS) is 16.3. The largest absolute Gasteiger partial charge is 0.346 e. The zero-order chi connectivity index (χ0) is 14.5. The van der Waals surface area contributed by atoms with Gasteiger partial charge in [0.1, 0.15) is 0 Å². The minimum absolute atomic E-state index is 0.936. The van der Waals surface area contributed by atoms with Crippen molar-refractivity contribution in [2.75, 3.05) is 38.1 Å². The van der Waals surface area contributed by atoms with Crippen LogP contribution in [-0.2, 0) is 13.1 Å². The lowest BCUT2D eigenvalue weighted by Crippen LogP contribution is -2.45. The van der Waals surface area contributed by atoms with Crippen molar-refractivity contribution in [2.24, 2.45) is 0 Å². The molecular formula is C16H22N4S. The van der Waals surface area contributed by atoms with Gasteiger partial charge < -0.3 is 10.2 Å². The van der Waals surface area contributed by atoms with E-state index in [4.69, 9.17) is 0 Å². The Balaban J connectivity index is 1.54. The molecule has 1 saturated heterocycles. The predicted molar refractivity (Wildman–Crippen MR) is 88.8 cm³/mol. The van der Waals surface area contributed by atoms with Crippen LogP contribution in [0.2, 0.25) is 0 Å². The van der Waals surface area contributed by atoms with Gasteiger partial charge in [-0.1, -0.05) is 24.3 Å². The molecule has 0 bridgehead atoms. The first-order valence-corrected chi connectivity index (χ1v) is 8.32. The van der Waals surface area contributed by atoms with Crippen LogP contribution in [0.3, 0.4) is 0 Å². The van der Waals surface area contributed by atoms with E-state index in [2.05, 4.69) is 49.7 Å². The zero-order valence-electron chi connectivity index (χ0n) is 12.5. The lowest BCUT2D eigenvalue weighted by molar-refractivity contribution is 0.250. The average Bonchev–Trinajstić information content (AvgIpc) is 3.03.